The van der Waals surface area contributed by atoms with Crippen molar-refractivity contribution in [3.63, 3.8) is 0 Å². The minimum absolute atomic E-state index is 0.213. The number of carboxylic acid groups (broad SMARTS) is 1. The van der Waals surface area contributed by atoms with Crippen molar-refractivity contribution in [1.82, 2.24) is 0 Å². The molecule has 0 fully saturated rings. The van der Waals surface area contributed by atoms with Crippen LogP contribution in [-0.2, 0) is 0 Å². The van der Waals surface area contributed by atoms with Crippen molar-refractivity contribution in [3.05, 3.63) is 23.8 Å². The Kier molecular flexibility index (Phi) is 2.66. The van der Waals surface area contributed by atoms with Crippen LogP contribution in [-0.4, -0.2) is 19.1 Å². The van der Waals surface area contributed by atoms with Crippen LogP contribution >= 0.6 is 0 Å². The summed E-state index contributed by atoms with van der Waals surface area (Å²) in [5.74, 6) is -0.956. The van der Waals surface area contributed by atoms with Gasteiger partial charge in [0, 0.05) is 5.69 Å². The maximum Gasteiger partial charge on any atom is 0.337 e. The third-order valence-electron chi connectivity index (χ3n) is 2.15. The normalized spacial score (nSPS) is 11.4. The molecule has 0 aromatic heterocycles. The van der Waals surface area contributed by atoms with E-state index in [1.807, 2.05) is 6.07 Å². The van der Waals surface area contributed by atoms with Gasteiger partial charge >= 0.3 is 5.97 Å². The molecule has 3 nitrogen and oxygen atoms in total. The Labute approximate surface area is 84.6 Å². The van der Waals surface area contributed by atoms with Gasteiger partial charge in [0.15, 0.2) is 0 Å². The molecule has 0 heterocycles. The number of benzene rings is 1. The summed E-state index contributed by atoms with van der Waals surface area (Å²) in [7, 11) is -1.45. The van der Waals surface area contributed by atoms with E-state index in [4.69, 9.17) is 10.8 Å². The lowest BCUT2D eigenvalue weighted by Gasteiger charge is -2.17. The minimum atomic E-state index is -1.45. The fourth-order valence-corrected chi connectivity index (χ4v) is 2.37. The molecule has 1 rings (SSSR count). The van der Waals surface area contributed by atoms with E-state index in [1.165, 1.54) is 0 Å². The zero-order chi connectivity index (χ0) is 10.9. The van der Waals surface area contributed by atoms with Gasteiger partial charge in [-0.2, -0.15) is 0 Å². The van der Waals surface area contributed by atoms with Crippen molar-refractivity contribution < 1.29 is 9.90 Å². The molecule has 0 amide bonds. The van der Waals surface area contributed by atoms with Crippen LogP contribution in [0.1, 0.15) is 10.4 Å². The molecule has 0 aliphatic heterocycles. The van der Waals surface area contributed by atoms with Crippen molar-refractivity contribution in [1.29, 1.82) is 0 Å². The van der Waals surface area contributed by atoms with Crippen molar-refractivity contribution in [3.8, 4) is 0 Å². The quantitative estimate of drug-likeness (QED) is 0.573. The predicted octanol–water partition coefficient (Wildman–Crippen LogP) is 1.51. The van der Waals surface area contributed by atoms with Crippen LogP contribution in [0, 0.1) is 0 Å². The van der Waals surface area contributed by atoms with Gasteiger partial charge in [-0.05, 0) is 12.1 Å². The Morgan fingerprint density at radius 1 is 1.36 bits per heavy atom. The summed E-state index contributed by atoms with van der Waals surface area (Å²) >= 11 is 0. The molecule has 0 saturated carbocycles. The fraction of sp³-hybridized carbons (Fsp3) is 0.300. The molecule has 76 valence electrons. The number of rotatable bonds is 2. The van der Waals surface area contributed by atoms with Crippen LogP contribution in [0.15, 0.2) is 18.2 Å². The number of hydrogen-bond acceptors (Lipinski definition) is 2. The Hall–Kier alpha value is -1.29. The SMILES string of the molecule is C[Si](C)(C)c1ccc(N)c(C(=O)O)c1. The van der Waals surface area contributed by atoms with Crippen LogP contribution in [0.25, 0.3) is 0 Å². The highest BCUT2D eigenvalue weighted by Gasteiger charge is 2.18. The van der Waals surface area contributed by atoms with Gasteiger partial charge < -0.3 is 10.8 Å². The average molecular weight is 209 g/mol. The van der Waals surface area contributed by atoms with Crippen LogP contribution in [0.2, 0.25) is 19.6 Å². The molecule has 4 heteroatoms. The van der Waals surface area contributed by atoms with E-state index in [-0.39, 0.29) is 5.56 Å². The smallest absolute Gasteiger partial charge is 0.337 e. The summed E-state index contributed by atoms with van der Waals surface area (Å²) in [6, 6.07) is 5.30. The van der Waals surface area contributed by atoms with Gasteiger partial charge in [0.25, 0.3) is 0 Å². The van der Waals surface area contributed by atoms with E-state index in [9.17, 15) is 4.79 Å². The molecular formula is C10H15NO2Si. The van der Waals surface area contributed by atoms with E-state index < -0.39 is 14.0 Å². The van der Waals surface area contributed by atoms with Crippen LogP contribution < -0.4 is 10.9 Å². The van der Waals surface area contributed by atoms with Crippen molar-refractivity contribution in [2.75, 3.05) is 5.73 Å². The lowest BCUT2D eigenvalue weighted by molar-refractivity contribution is 0.0698. The molecule has 3 N–H and O–H groups in total. The van der Waals surface area contributed by atoms with E-state index in [2.05, 4.69) is 19.6 Å². The number of anilines is 1. The molecule has 1 aromatic rings. The first-order valence-corrected chi connectivity index (χ1v) is 7.95. The Balaban J connectivity index is 3.27. The summed E-state index contributed by atoms with van der Waals surface area (Å²) in [5.41, 5.74) is 6.11. The van der Waals surface area contributed by atoms with Gasteiger partial charge in [-0.3, -0.25) is 0 Å². The number of carbonyl (C=O) groups is 1. The molecule has 0 radical (unpaired) electrons. The standard InChI is InChI=1S/C10H15NO2Si/c1-14(2,3)7-4-5-9(11)8(6-7)10(12)13/h4-6H,11H2,1-3H3,(H,12,13). The number of nitrogens with two attached hydrogens (primary N) is 1. The summed E-state index contributed by atoms with van der Waals surface area (Å²) in [4.78, 5) is 10.8. The number of hydrogen-bond donors (Lipinski definition) is 2. The Morgan fingerprint density at radius 3 is 2.36 bits per heavy atom. The Bertz CT molecular complexity index is 369. The summed E-state index contributed by atoms with van der Waals surface area (Å²) in [6.45, 7) is 6.51. The topological polar surface area (TPSA) is 63.3 Å². The third kappa shape index (κ3) is 2.14. The monoisotopic (exact) mass is 209 g/mol. The molecular weight excluding hydrogens is 194 g/mol. The number of nitrogen functional groups attached to an aromatic ring is 1. The van der Waals surface area contributed by atoms with Crippen LogP contribution in [0.5, 0.6) is 0 Å². The zero-order valence-corrected chi connectivity index (χ0v) is 9.66. The van der Waals surface area contributed by atoms with Gasteiger partial charge in [-0.1, -0.05) is 30.9 Å². The molecule has 14 heavy (non-hydrogen) atoms. The first-order valence-electron chi connectivity index (χ1n) is 4.45. The van der Waals surface area contributed by atoms with Crippen molar-refractivity contribution in [2.24, 2.45) is 0 Å². The van der Waals surface area contributed by atoms with E-state index in [0.29, 0.717) is 5.69 Å². The Morgan fingerprint density at radius 2 is 1.93 bits per heavy atom. The van der Waals surface area contributed by atoms with Crippen LogP contribution in [0.4, 0.5) is 5.69 Å². The highest BCUT2D eigenvalue weighted by molar-refractivity contribution is 6.88. The predicted molar refractivity (Wildman–Crippen MR) is 60.8 cm³/mol. The highest BCUT2D eigenvalue weighted by Crippen LogP contribution is 2.12. The van der Waals surface area contributed by atoms with Gasteiger partial charge in [0.2, 0.25) is 0 Å². The minimum Gasteiger partial charge on any atom is -0.478 e. The molecule has 0 atom stereocenters. The number of aromatic carboxylic acids is 1. The van der Waals surface area contributed by atoms with Gasteiger partial charge in [0.05, 0.1) is 13.6 Å². The fourth-order valence-electron chi connectivity index (χ4n) is 1.21. The third-order valence-corrected chi connectivity index (χ3v) is 4.19. The molecule has 0 spiro atoms. The lowest BCUT2D eigenvalue weighted by Crippen LogP contribution is -2.38. The second-order valence-corrected chi connectivity index (χ2v) is 9.43. The highest BCUT2D eigenvalue weighted by atomic mass is 28.3. The van der Waals surface area contributed by atoms with E-state index in [1.54, 1.807) is 12.1 Å². The lowest BCUT2D eigenvalue weighted by atomic mass is 10.2. The zero-order valence-electron chi connectivity index (χ0n) is 8.66. The molecule has 0 bridgehead atoms. The molecule has 0 saturated heterocycles. The second-order valence-electron chi connectivity index (χ2n) is 4.36. The van der Waals surface area contributed by atoms with Crippen molar-refractivity contribution >= 4 is 24.9 Å². The maximum atomic E-state index is 10.8. The van der Waals surface area contributed by atoms with E-state index >= 15 is 0 Å². The first kappa shape index (κ1) is 10.8. The summed E-state index contributed by atoms with van der Waals surface area (Å²) in [6.07, 6.45) is 0. The first-order chi connectivity index (χ1) is 6.32. The van der Waals surface area contributed by atoms with E-state index in [0.717, 1.165) is 5.19 Å². The van der Waals surface area contributed by atoms with Crippen molar-refractivity contribution in [2.45, 2.75) is 19.6 Å². The summed E-state index contributed by atoms with van der Waals surface area (Å²) in [5, 5.41) is 10.0. The molecule has 1 aromatic carbocycles. The van der Waals surface area contributed by atoms with Gasteiger partial charge in [-0.25, -0.2) is 4.79 Å². The molecule has 0 unspecified atom stereocenters. The van der Waals surface area contributed by atoms with Gasteiger partial charge in [-0.15, -0.1) is 0 Å². The largest absolute Gasteiger partial charge is 0.478 e. The molecule has 0 aliphatic carbocycles. The van der Waals surface area contributed by atoms with Crippen LogP contribution in [0.3, 0.4) is 0 Å². The maximum absolute atomic E-state index is 10.8. The van der Waals surface area contributed by atoms with Gasteiger partial charge in [0.1, 0.15) is 0 Å². The number of carboxylic acids is 1. The second kappa shape index (κ2) is 3.46. The average Bonchev–Trinajstić information content (AvgIpc) is 2.02. The molecule has 0 aliphatic rings. The summed E-state index contributed by atoms with van der Waals surface area (Å²) < 4.78 is 0.